The summed E-state index contributed by atoms with van der Waals surface area (Å²) in [6.07, 6.45) is 3.35. The van der Waals surface area contributed by atoms with Crippen molar-refractivity contribution in [2.45, 2.75) is 49.6 Å². The van der Waals surface area contributed by atoms with Crippen molar-refractivity contribution in [3.05, 3.63) is 0 Å². The molecule has 1 aliphatic rings. The summed E-state index contributed by atoms with van der Waals surface area (Å²) in [5.74, 6) is 1.17. The Kier molecular flexibility index (Phi) is 3.43. The van der Waals surface area contributed by atoms with Gasteiger partial charge in [0.15, 0.2) is 0 Å². The Labute approximate surface area is 89.1 Å². The van der Waals surface area contributed by atoms with Crippen molar-refractivity contribution in [2.75, 3.05) is 0 Å². The van der Waals surface area contributed by atoms with Gasteiger partial charge in [-0.25, -0.2) is 0 Å². The standard InChI is InChI=1S/C10H19IO/c1-7(2)8-4-5-10(3,11)6-9(8)12/h7-9,12H,4-6H2,1-3H3/t8-,9+,10-/m1/s1. The summed E-state index contributed by atoms with van der Waals surface area (Å²) in [6.45, 7) is 6.67. The molecule has 1 rings (SSSR count). The van der Waals surface area contributed by atoms with Crippen LogP contribution in [0, 0.1) is 11.8 Å². The van der Waals surface area contributed by atoms with Crippen LogP contribution in [0.25, 0.3) is 0 Å². The van der Waals surface area contributed by atoms with Crippen LogP contribution in [0.4, 0.5) is 0 Å². The van der Waals surface area contributed by atoms with Crippen LogP contribution < -0.4 is 0 Å². The van der Waals surface area contributed by atoms with E-state index in [4.69, 9.17) is 0 Å². The molecule has 0 radical (unpaired) electrons. The normalized spacial score (nSPS) is 43.5. The fraction of sp³-hybridized carbons (Fsp3) is 1.00. The maximum absolute atomic E-state index is 9.87. The first kappa shape index (κ1) is 10.8. The maximum atomic E-state index is 9.87. The highest BCUT2D eigenvalue weighted by molar-refractivity contribution is 14.1. The molecule has 3 atom stereocenters. The minimum Gasteiger partial charge on any atom is -0.393 e. The number of alkyl halides is 1. The van der Waals surface area contributed by atoms with Crippen LogP contribution in [0.15, 0.2) is 0 Å². The van der Waals surface area contributed by atoms with Crippen molar-refractivity contribution in [1.82, 2.24) is 0 Å². The first-order valence-electron chi connectivity index (χ1n) is 4.79. The lowest BCUT2D eigenvalue weighted by Gasteiger charge is -2.38. The summed E-state index contributed by atoms with van der Waals surface area (Å²) in [6, 6.07) is 0. The second kappa shape index (κ2) is 3.82. The number of rotatable bonds is 1. The number of hydrogen-bond acceptors (Lipinski definition) is 1. The van der Waals surface area contributed by atoms with Gasteiger partial charge in [-0.2, -0.15) is 0 Å². The van der Waals surface area contributed by atoms with E-state index < -0.39 is 0 Å². The van der Waals surface area contributed by atoms with Crippen LogP contribution >= 0.6 is 22.6 Å². The Morgan fingerprint density at radius 1 is 1.50 bits per heavy atom. The molecule has 0 aliphatic heterocycles. The number of aliphatic hydroxyl groups excluding tert-OH is 1. The topological polar surface area (TPSA) is 20.2 Å². The molecule has 1 N–H and O–H groups in total. The Balaban J connectivity index is 2.54. The molecule has 1 fully saturated rings. The van der Waals surface area contributed by atoms with Gasteiger partial charge in [-0.3, -0.25) is 0 Å². The molecule has 1 saturated carbocycles. The number of hydrogen-bond donors (Lipinski definition) is 1. The van der Waals surface area contributed by atoms with Crippen LogP contribution in [0.2, 0.25) is 0 Å². The van der Waals surface area contributed by atoms with E-state index in [0.717, 1.165) is 6.42 Å². The van der Waals surface area contributed by atoms with Gasteiger partial charge < -0.3 is 5.11 Å². The number of halogens is 1. The van der Waals surface area contributed by atoms with Gasteiger partial charge >= 0.3 is 0 Å². The van der Waals surface area contributed by atoms with Crippen LogP contribution in [0.1, 0.15) is 40.0 Å². The van der Waals surface area contributed by atoms with E-state index in [1.54, 1.807) is 0 Å². The molecule has 72 valence electrons. The third kappa shape index (κ3) is 2.59. The lowest BCUT2D eigenvalue weighted by molar-refractivity contribution is 0.0371. The molecule has 1 nitrogen and oxygen atoms in total. The van der Waals surface area contributed by atoms with Gasteiger partial charge in [0.25, 0.3) is 0 Å². The zero-order valence-corrected chi connectivity index (χ0v) is 10.3. The van der Waals surface area contributed by atoms with Crippen LogP contribution in [-0.2, 0) is 0 Å². The smallest absolute Gasteiger partial charge is 0.0583 e. The molecule has 1 aliphatic carbocycles. The summed E-state index contributed by atoms with van der Waals surface area (Å²) in [5, 5.41) is 9.87. The summed E-state index contributed by atoms with van der Waals surface area (Å²) in [4.78, 5) is 0. The lowest BCUT2D eigenvalue weighted by atomic mass is 9.75. The van der Waals surface area contributed by atoms with Crippen LogP contribution in [0.3, 0.4) is 0 Å². The molecule has 0 aromatic heterocycles. The van der Waals surface area contributed by atoms with Crippen molar-refractivity contribution in [1.29, 1.82) is 0 Å². The average Bonchev–Trinajstić information content (AvgIpc) is 1.83. The number of aliphatic hydroxyl groups is 1. The van der Waals surface area contributed by atoms with Gasteiger partial charge in [0, 0.05) is 3.42 Å². The average molecular weight is 282 g/mol. The summed E-state index contributed by atoms with van der Waals surface area (Å²) in [7, 11) is 0. The molecule has 2 heteroatoms. The highest BCUT2D eigenvalue weighted by Crippen LogP contribution is 2.40. The largest absolute Gasteiger partial charge is 0.393 e. The summed E-state index contributed by atoms with van der Waals surface area (Å²) >= 11 is 2.48. The van der Waals surface area contributed by atoms with E-state index in [1.807, 2.05) is 0 Å². The Bertz CT molecular complexity index is 154. The molecular formula is C10H19IO. The van der Waals surface area contributed by atoms with E-state index in [-0.39, 0.29) is 6.10 Å². The van der Waals surface area contributed by atoms with E-state index in [0.29, 0.717) is 15.3 Å². The molecule has 0 amide bonds. The quantitative estimate of drug-likeness (QED) is 0.579. The molecule has 0 bridgehead atoms. The van der Waals surface area contributed by atoms with E-state index in [2.05, 4.69) is 43.4 Å². The maximum Gasteiger partial charge on any atom is 0.0583 e. The van der Waals surface area contributed by atoms with Crippen molar-refractivity contribution in [2.24, 2.45) is 11.8 Å². The Morgan fingerprint density at radius 2 is 2.08 bits per heavy atom. The van der Waals surface area contributed by atoms with Crippen LogP contribution in [0.5, 0.6) is 0 Å². The summed E-state index contributed by atoms with van der Waals surface area (Å²) < 4.78 is 0.336. The SMILES string of the molecule is CC(C)[C@H]1CC[C@@](C)(I)C[C@@H]1O. The predicted octanol–water partition coefficient (Wildman–Crippen LogP) is 3.00. The first-order valence-corrected chi connectivity index (χ1v) is 5.87. The highest BCUT2D eigenvalue weighted by atomic mass is 127. The highest BCUT2D eigenvalue weighted by Gasteiger charge is 2.35. The molecule has 0 unspecified atom stereocenters. The minimum atomic E-state index is -0.0688. The second-order valence-electron chi connectivity index (χ2n) is 4.63. The third-order valence-electron chi connectivity index (χ3n) is 2.98. The van der Waals surface area contributed by atoms with E-state index in [9.17, 15) is 5.11 Å². The molecule has 0 aromatic carbocycles. The molecule has 0 aromatic rings. The van der Waals surface area contributed by atoms with E-state index in [1.165, 1.54) is 12.8 Å². The van der Waals surface area contributed by atoms with Crippen molar-refractivity contribution < 1.29 is 5.11 Å². The second-order valence-corrected chi connectivity index (χ2v) is 7.24. The Hall–Kier alpha value is 0.690. The predicted molar refractivity (Wildman–Crippen MR) is 60.6 cm³/mol. The van der Waals surface area contributed by atoms with Gasteiger partial charge in [0.2, 0.25) is 0 Å². The minimum absolute atomic E-state index is 0.0688. The van der Waals surface area contributed by atoms with Gasteiger partial charge in [-0.05, 0) is 31.1 Å². The lowest BCUT2D eigenvalue weighted by Crippen LogP contribution is -2.38. The van der Waals surface area contributed by atoms with E-state index >= 15 is 0 Å². The monoisotopic (exact) mass is 282 g/mol. The molecule has 0 saturated heterocycles. The van der Waals surface area contributed by atoms with Crippen molar-refractivity contribution in [3.63, 3.8) is 0 Å². The van der Waals surface area contributed by atoms with Crippen molar-refractivity contribution >= 4 is 22.6 Å². The van der Waals surface area contributed by atoms with Crippen LogP contribution in [-0.4, -0.2) is 14.6 Å². The van der Waals surface area contributed by atoms with Gasteiger partial charge in [0.05, 0.1) is 6.10 Å². The fourth-order valence-corrected chi connectivity index (χ4v) is 2.89. The molecule has 12 heavy (non-hydrogen) atoms. The first-order chi connectivity index (χ1) is 5.42. The van der Waals surface area contributed by atoms with Gasteiger partial charge in [-0.1, -0.05) is 43.4 Å². The Morgan fingerprint density at radius 3 is 2.50 bits per heavy atom. The third-order valence-corrected chi connectivity index (χ3v) is 3.96. The zero-order valence-electron chi connectivity index (χ0n) is 8.18. The fourth-order valence-electron chi connectivity index (χ4n) is 2.13. The summed E-state index contributed by atoms with van der Waals surface area (Å²) in [5.41, 5.74) is 0. The molecular weight excluding hydrogens is 263 g/mol. The van der Waals surface area contributed by atoms with Crippen molar-refractivity contribution in [3.8, 4) is 0 Å². The molecule has 0 heterocycles. The molecule has 0 spiro atoms. The van der Waals surface area contributed by atoms with Gasteiger partial charge in [-0.15, -0.1) is 0 Å². The van der Waals surface area contributed by atoms with Gasteiger partial charge in [0.1, 0.15) is 0 Å². The zero-order chi connectivity index (χ0) is 9.35.